The Hall–Kier alpha value is -1.98. The number of nitrogens with zero attached hydrogens (tertiary/aromatic N) is 1. The molecule has 0 amide bonds. The van der Waals surface area contributed by atoms with Gasteiger partial charge in [0.15, 0.2) is 5.78 Å². The fourth-order valence-corrected chi connectivity index (χ4v) is 4.38. The molecule has 0 saturated carbocycles. The number of benzene rings is 2. The van der Waals surface area contributed by atoms with Crippen LogP contribution in [0.4, 0.5) is 0 Å². The van der Waals surface area contributed by atoms with E-state index >= 15 is 0 Å². The summed E-state index contributed by atoms with van der Waals surface area (Å²) in [5.74, 6) is -0.614. The normalized spacial score (nSPS) is 21.1. The number of ketones is 1. The topological polar surface area (TPSA) is 54.5 Å². The minimum absolute atomic E-state index is 0.222. The first-order valence-corrected chi connectivity index (χ1v) is 8.77. The number of sulfonamides is 1. The van der Waals surface area contributed by atoms with Gasteiger partial charge in [0.05, 0.1) is 6.04 Å². The summed E-state index contributed by atoms with van der Waals surface area (Å²) in [5, 5.41) is 0. The molecule has 0 bridgehead atoms. The second-order valence-electron chi connectivity index (χ2n) is 5.46. The second kappa shape index (κ2) is 6.02. The molecule has 1 fully saturated rings. The molecular weight excluding hydrogens is 298 g/mol. The van der Waals surface area contributed by atoms with E-state index in [9.17, 15) is 13.2 Å². The quantitative estimate of drug-likeness (QED) is 0.867. The Morgan fingerprint density at radius 3 is 2.05 bits per heavy atom. The van der Waals surface area contributed by atoms with Gasteiger partial charge in [-0.3, -0.25) is 4.79 Å². The van der Waals surface area contributed by atoms with Gasteiger partial charge < -0.3 is 0 Å². The molecule has 0 unspecified atom stereocenters. The van der Waals surface area contributed by atoms with Crippen LogP contribution in [-0.4, -0.2) is 30.3 Å². The standard InChI is InChI=1S/C17H17NO3S/c19-17-13-22(20,21)18(12-15-9-5-2-6-10-15)16(17)11-14-7-3-1-4-8-14/h1-10,16H,11-13H2/t16-/m0/s1. The van der Waals surface area contributed by atoms with Crippen molar-refractivity contribution in [2.75, 3.05) is 5.75 Å². The first kappa shape index (κ1) is 14.9. The summed E-state index contributed by atoms with van der Waals surface area (Å²) in [6.45, 7) is 0.242. The largest absolute Gasteiger partial charge is 0.297 e. The van der Waals surface area contributed by atoms with E-state index in [2.05, 4.69) is 0 Å². The van der Waals surface area contributed by atoms with Crippen LogP contribution in [0, 0.1) is 0 Å². The zero-order valence-corrected chi connectivity index (χ0v) is 12.9. The second-order valence-corrected chi connectivity index (χ2v) is 7.38. The van der Waals surface area contributed by atoms with Crippen LogP contribution < -0.4 is 0 Å². The van der Waals surface area contributed by atoms with Crippen LogP contribution in [0.5, 0.6) is 0 Å². The Labute approximate surface area is 130 Å². The van der Waals surface area contributed by atoms with Crippen LogP contribution in [-0.2, 0) is 27.8 Å². The molecule has 22 heavy (non-hydrogen) atoms. The van der Waals surface area contributed by atoms with Crippen LogP contribution in [0.15, 0.2) is 60.7 Å². The SMILES string of the molecule is O=C1CS(=O)(=O)N(Cc2ccccc2)[C@H]1Cc1ccccc1. The summed E-state index contributed by atoms with van der Waals surface area (Å²) in [6.07, 6.45) is 0.422. The molecule has 0 aliphatic carbocycles. The number of Topliss-reactive ketones (excluding diaryl/α,β-unsaturated/α-hetero) is 1. The Bertz CT molecular complexity index is 757. The van der Waals surface area contributed by atoms with Gasteiger partial charge in [0.1, 0.15) is 5.75 Å². The number of hydrogen-bond acceptors (Lipinski definition) is 3. The van der Waals surface area contributed by atoms with Crippen LogP contribution in [0.2, 0.25) is 0 Å². The fourth-order valence-electron chi connectivity index (χ4n) is 2.74. The Morgan fingerprint density at radius 1 is 0.909 bits per heavy atom. The van der Waals surface area contributed by atoms with Crippen molar-refractivity contribution in [3.05, 3.63) is 71.8 Å². The predicted octanol–water partition coefficient (Wildman–Crippen LogP) is 2.01. The van der Waals surface area contributed by atoms with Crippen molar-refractivity contribution in [2.24, 2.45) is 0 Å². The zero-order chi connectivity index (χ0) is 15.6. The number of rotatable bonds is 4. The van der Waals surface area contributed by atoms with E-state index in [0.717, 1.165) is 11.1 Å². The van der Waals surface area contributed by atoms with Crippen molar-refractivity contribution in [2.45, 2.75) is 19.0 Å². The van der Waals surface area contributed by atoms with Gasteiger partial charge in [-0.05, 0) is 17.5 Å². The van der Waals surface area contributed by atoms with Crippen molar-refractivity contribution in [1.82, 2.24) is 4.31 Å². The van der Waals surface area contributed by atoms with Crippen molar-refractivity contribution < 1.29 is 13.2 Å². The predicted molar refractivity (Wildman–Crippen MR) is 84.7 cm³/mol. The maximum absolute atomic E-state index is 12.3. The maximum Gasteiger partial charge on any atom is 0.222 e. The lowest BCUT2D eigenvalue weighted by Gasteiger charge is -2.22. The summed E-state index contributed by atoms with van der Waals surface area (Å²) in [5.41, 5.74) is 1.86. The highest BCUT2D eigenvalue weighted by atomic mass is 32.2. The highest BCUT2D eigenvalue weighted by Gasteiger charge is 2.43. The Morgan fingerprint density at radius 2 is 1.45 bits per heavy atom. The van der Waals surface area contributed by atoms with Crippen molar-refractivity contribution in [1.29, 1.82) is 0 Å². The van der Waals surface area contributed by atoms with E-state index in [1.54, 1.807) is 0 Å². The molecule has 0 spiro atoms. The van der Waals surface area contributed by atoms with E-state index in [1.807, 2.05) is 60.7 Å². The van der Waals surface area contributed by atoms with Crippen LogP contribution in [0.25, 0.3) is 0 Å². The number of carbonyl (C=O) groups excluding carboxylic acids is 1. The fraction of sp³-hybridized carbons (Fsp3) is 0.235. The van der Waals surface area contributed by atoms with Gasteiger partial charge in [0, 0.05) is 6.54 Å². The molecule has 5 heteroatoms. The summed E-state index contributed by atoms with van der Waals surface area (Å²) < 4.78 is 25.9. The monoisotopic (exact) mass is 315 g/mol. The first-order chi connectivity index (χ1) is 10.6. The molecule has 1 aliphatic heterocycles. The lowest BCUT2D eigenvalue weighted by Crippen LogP contribution is -2.36. The van der Waals surface area contributed by atoms with Crippen LogP contribution >= 0.6 is 0 Å². The zero-order valence-electron chi connectivity index (χ0n) is 12.1. The molecule has 1 heterocycles. The third-order valence-electron chi connectivity index (χ3n) is 3.85. The summed E-state index contributed by atoms with van der Waals surface area (Å²) in [6, 6.07) is 18.3. The molecule has 1 atom stereocenters. The van der Waals surface area contributed by atoms with Gasteiger partial charge in [0.25, 0.3) is 0 Å². The Kier molecular flexibility index (Phi) is 4.09. The third kappa shape index (κ3) is 3.10. The summed E-state index contributed by atoms with van der Waals surface area (Å²) in [4.78, 5) is 12.2. The molecule has 4 nitrogen and oxygen atoms in total. The lowest BCUT2D eigenvalue weighted by atomic mass is 10.0. The number of hydrogen-bond donors (Lipinski definition) is 0. The molecule has 114 valence electrons. The van der Waals surface area contributed by atoms with Crippen LogP contribution in [0.1, 0.15) is 11.1 Å². The molecule has 2 aromatic carbocycles. The average molecular weight is 315 g/mol. The van der Waals surface area contributed by atoms with Crippen molar-refractivity contribution in [3.63, 3.8) is 0 Å². The molecule has 0 aromatic heterocycles. The highest BCUT2D eigenvalue weighted by Crippen LogP contribution is 2.24. The summed E-state index contributed by atoms with van der Waals surface area (Å²) >= 11 is 0. The van der Waals surface area contributed by atoms with Gasteiger partial charge in [-0.2, -0.15) is 4.31 Å². The van der Waals surface area contributed by atoms with Gasteiger partial charge >= 0.3 is 0 Å². The molecular formula is C17H17NO3S. The molecule has 0 N–H and O–H groups in total. The Balaban J connectivity index is 1.87. The maximum atomic E-state index is 12.3. The molecule has 1 saturated heterocycles. The number of carbonyl (C=O) groups is 1. The van der Waals surface area contributed by atoms with Gasteiger partial charge in [-0.1, -0.05) is 60.7 Å². The molecule has 2 aromatic rings. The van der Waals surface area contributed by atoms with E-state index in [1.165, 1.54) is 4.31 Å². The van der Waals surface area contributed by atoms with E-state index in [4.69, 9.17) is 0 Å². The highest BCUT2D eigenvalue weighted by molar-refractivity contribution is 7.90. The van der Waals surface area contributed by atoms with Gasteiger partial charge in [0.2, 0.25) is 10.0 Å². The van der Waals surface area contributed by atoms with Crippen molar-refractivity contribution >= 4 is 15.8 Å². The van der Waals surface area contributed by atoms with Gasteiger partial charge in [-0.15, -0.1) is 0 Å². The van der Waals surface area contributed by atoms with Crippen molar-refractivity contribution in [3.8, 4) is 0 Å². The molecule has 3 rings (SSSR count). The third-order valence-corrected chi connectivity index (χ3v) is 5.60. The average Bonchev–Trinajstić information content (AvgIpc) is 2.72. The van der Waals surface area contributed by atoms with E-state index < -0.39 is 21.8 Å². The van der Waals surface area contributed by atoms with E-state index in [0.29, 0.717) is 6.42 Å². The summed E-state index contributed by atoms with van der Waals surface area (Å²) in [7, 11) is -3.52. The molecule has 1 aliphatic rings. The molecule has 0 radical (unpaired) electrons. The lowest BCUT2D eigenvalue weighted by molar-refractivity contribution is -0.119. The minimum atomic E-state index is -3.52. The minimum Gasteiger partial charge on any atom is -0.297 e. The van der Waals surface area contributed by atoms with Gasteiger partial charge in [-0.25, -0.2) is 8.42 Å². The first-order valence-electron chi connectivity index (χ1n) is 7.16. The van der Waals surface area contributed by atoms with E-state index in [-0.39, 0.29) is 12.3 Å². The van der Waals surface area contributed by atoms with Crippen LogP contribution in [0.3, 0.4) is 0 Å². The smallest absolute Gasteiger partial charge is 0.222 e.